The van der Waals surface area contributed by atoms with Crippen molar-refractivity contribution in [2.24, 2.45) is 23.5 Å². The largest absolute Gasteiger partial charge is 0.370 e. The molecule has 4 aromatic rings. The smallest absolute Gasteiger partial charge is 0.332 e. The van der Waals surface area contributed by atoms with Crippen LogP contribution in [0.25, 0.3) is 22.2 Å². The molecular weight excluding hydrogens is 378 g/mol. The van der Waals surface area contributed by atoms with Crippen molar-refractivity contribution in [3.63, 3.8) is 0 Å². The predicted octanol–water partition coefficient (Wildman–Crippen LogP) is -0.614. The number of nitrogens with two attached hydrogens (primary N) is 2. The SMILES string of the molecule is CC(=O)n1cnc2c1c(=O)n(Cc1cccc3[nH]c(N=C(N)N)nc13)c(=O)n2C. The monoisotopic (exact) mass is 395 g/mol. The van der Waals surface area contributed by atoms with Crippen LogP contribution in [0.3, 0.4) is 0 Å². The number of aryl methyl sites for hydroxylation is 1. The van der Waals surface area contributed by atoms with Crippen LogP contribution in [0.4, 0.5) is 5.95 Å². The fourth-order valence-electron chi connectivity index (χ4n) is 3.20. The van der Waals surface area contributed by atoms with Crippen molar-refractivity contribution in [1.29, 1.82) is 0 Å². The Kier molecular flexibility index (Phi) is 4.03. The number of carbonyl (C=O) groups excluding carboxylic acids is 1. The summed E-state index contributed by atoms with van der Waals surface area (Å²) in [6.45, 7) is 1.25. The Morgan fingerprint density at radius 2 is 2.03 bits per heavy atom. The molecule has 3 heterocycles. The first kappa shape index (κ1) is 18.2. The second-order valence-electron chi connectivity index (χ2n) is 6.45. The van der Waals surface area contributed by atoms with Crippen LogP contribution in [0.1, 0.15) is 17.3 Å². The maximum Gasteiger partial charge on any atom is 0.332 e. The molecule has 0 atom stereocenters. The molecule has 0 saturated heterocycles. The molecule has 0 spiro atoms. The van der Waals surface area contributed by atoms with Crippen molar-refractivity contribution in [3.05, 3.63) is 50.9 Å². The number of aromatic nitrogens is 6. The second-order valence-corrected chi connectivity index (χ2v) is 6.45. The van der Waals surface area contributed by atoms with E-state index in [1.165, 1.54) is 24.9 Å². The summed E-state index contributed by atoms with van der Waals surface area (Å²) in [5.41, 5.74) is 11.5. The standard InChI is InChI=1S/C17H17N9O3/c1-8(27)26-7-20-13-12(26)14(28)25(17(29)24(13)2)6-9-4-3-5-10-11(9)22-16(21-10)23-15(18)19/h3-5,7H,6H2,1-2H3,(H5,18,19,21,22,23). The third-order valence-electron chi connectivity index (χ3n) is 4.52. The highest BCUT2D eigenvalue weighted by Gasteiger charge is 2.19. The summed E-state index contributed by atoms with van der Waals surface area (Å²) in [4.78, 5) is 52.9. The summed E-state index contributed by atoms with van der Waals surface area (Å²) in [6, 6.07) is 5.26. The van der Waals surface area contributed by atoms with Gasteiger partial charge in [0, 0.05) is 19.5 Å². The molecular formula is C17H17N9O3. The first-order chi connectivity index (χ1) is 13.8. The lowest BCUT2D eigenvalue weighted by Gasteiger charge is -2.09. The van der Waals surface area contributed by atoms with Gasteiger partial charge in [-0.05, 0) is 6.07 Å². The molecule has 5 N–H and O–H groups in total. The van der Waals surface area contributed by atoms with E-state index in [-0.39, 0.29) is 35.5 Å². The van der Waals surface area contributed by atoms with E-state index >= 15 is 0 Å². The fourth-order valence-corrected chi connectivity index (χ4v) is 3.20. The van der Waals surface area contributed by atoms with Gasteiger partial charge < -0.3 is 16.5 Å². The van der Waals surface area contributed by atoms with Crippen molar-refractivity contribution in [2.75, 3.05) is 0 Å². The number of guanidine groups is 1. The number of nitrogens with one attached hydrogen (secondary N) is 1. The number of carbonyl (C=O) groups is 1. The van der Waals surface area contributed by atoms with E-state index in [9.17, 15) is 14.4 Å². The van der Waals surface area contributed by atoms with E-state index in [4.69, 9.17) is 11.5 Å². The molecule has 0 unspecified atom stereocenters. The average molecular weight is 395 g/mol. The first-order valence-corrected chi connectivity index (χ1v) is 8.53. The molecule has 1 aromatic carbocycles. The summed E-state index contributed by atoms with van der Waals surface area (Å²) in [5.74, 6) is -0.331. The molecule has 0 aliphatic heterocycles. The number of aromatic amines is 1. The number of rotatable bonds is 3. The molecule has 12 heteroatoms. The lowest BCUT2D eigenvalue weighted by molar-refractivity contribution is 0.0940. The summed E-state index contributed by atoms with van der Waals surface area (Å²) >= 11 is 0. The van der Waals surface area contributed by atoms with Crippen LogP contribution >= 0.6 is 0 Å². The maximum absolute atomic E-state index is 13.0. The summed E-state index contributed by atoms with van der Waals surface area (Å²) in [5, 5.41) is 0. The number of benzene rings is 1. The molecule has 0 fully saturated rings. The molecule has 12 nitrogen and oxygen atoms in total. The van der Waals surface area contributed by atoms with Gasteiger partial charge in [-0.1, -0.05) is 12.1 Å². The molecule has 0 aliphatic carbocycles. The van der Waals surface area contributed by atoms with E-state index < -0.39 is 11.2 Å². The van der Waals surface area contributed by atoms with Gasteiger partial charge in [0.2, 0.25) is 11.9 Å². The predicted molar refractivity (Wildman–Crippen MR) is 106 cm³/mol. The lowest BCUT2D eigenvalue weighted by atomic mass is 10.2. The number of para-hydroxylation sites is 1. The van der Waals surface area contributed by atoms with Crippen molar-refractivity contribution in [1.82, 2.24) is 28.7 Å². The molecule has 29 heavy (non-hydrogen) atoms. The van der Waals surface area contributed by atoms with E-state index in [2.05, 4.69) is 19.9 Å². The lowest BCUT2D eigenvalue weighted by Crippen LogP contribution is -2.40. The Bertz CT molecular complexity index is 1430. The van der Waals surface area contributed by atoms with Crippen molar-refractivity contribution in [3.8, 4) is 0 Å². The van der Waals surface area contributed by atoms with Crippen LogP contribution in [-0.2, 0) is 13.6 Å². The van der Waals surface area contributed by atoms with Crippen molar-refractivity contribution >= 4 is 40.0 Å². The van der Waals surface area contributed by atoms with Crippen LogP contribution in [0.15, 0.2) is 39.1 Å². The van der Waals surface area contributed by atoms with Crippen LogP contribution in [0.5, 0.6) is 0 Å². The molecule has 3 aromatic heterocycles. The summed E-state index contributed by atoms with van der Waals surface area (Å²) in [7, 11) is 1.49. The van der Waals surface area contributed by atoms with Gasteiger partial charge in [0.05, 0.1) is 17.6 Å². The maximum atomic E-state index is 13.0. The number of imidazole rings is 2. The molecule has 0 aliphatic rings. The zero-order valence-corrected chi connectivity index (χ0v) is 15.6. The quantitative estimate of drug-likeness (QED) is 0.306. The fraction of sp³-hybridized carbons (Fsp3) is 0.176. The van der Waals surface area contributed by atoms with Crippen LogP contribution in [0.2, 0.25) is 0 Å². The zero-order chi connectivity index (χ0) is 20.9. The minimum Gasteiger partial charge on any atom is -0.370 e. The van der Waals surface area contributed by atoms with Gasteiger partial charge in [-0.3, -0.25) is 23.3 Å². The van der Waals surface area contributed by atoms with Crippen LogP contribution in [0, 0.1) is 0 Å². The van der Waals surface area contributed by atoms with E-state index in [0.29, 0.717) is 16.6 Å². The van der Waals surface area contributed by atoms with Gasteiger partial charge in [0.15, 0.2) is 17.1 Å². The Morgan fingerprint density at radius 1 is 1.28 bits per heavy atom. The van der Waals surface area contributed by atoms with Gasteiger partial charge >= 0.3 is 5.69 Å². The molecule has 0 radical (unpaired) electrons. The van der Waals surface area contributed by atoms with Gasteiger partial charge in [-0.2, -0.15) is 4.99 Å². The van der Waals surface area contributed by atoms with Crippen LogP contribution in [-0.4, -0.2) is 40.5 Å². The third kappa shape index (κ3) is 2.86. The number of fused-ring (bicyclic) bond motifs is 2. The first-order valence-electron chi connectivity index (χ1n) is 8.53. The van der Waals surface area contributed by atoms with Crippen molar-refractivity contribution < 1.29 is 4.79 Å². The molecule has 0 saturated carbocycles. The average Bonchev–Trinajstić information content (AvgIpc) is 3.27. The summed E-state index contributed by atoms with van der Waals surface area (Å²) in [6.07, 6.45) is 1.23. The number of hydrogen-bond acceptors (Lipinski definition) is 6. The Balaban J connectivity index is 1.93. The topological polar surface area (TPSA) is 172 Å². The zero-order valence-electron chi connectivity index (χ0n) is 15.6. The number of aliphatic imine (C=N–C) groups is 1. The third-order valence-corrected chi connectivity index (χ3v) is 4.52. The highest BCUT2D eigenvalue weighted by Crippen LogP contribution is 2.20. The van der Waals surface area contributed by atoms with E-state index in [1.54, 1.807) is 18.2 Å². The van der Waals surface area contributed by atoms with Gasteiger partial charge in [0.25, 0.3) is 5.56 Å². The summed E-state index contributed by atoms with van der Waals surface area (Å²) < 4.78 is 3.39. The number of nitrogens with zero attached hydrogens (tertiary/aromatic N) is 6. The highest BCUT2D eigenvalue weighted by molar-refractivity contribution is 5.87. The molecule has 0 amide bonds. The van der Waals surface area contributed by atoms with Crippen LogP contribution < -0.4 is 22.7 Å². The molecule has 148 valence electrons. The Labute approximate surface area is 162 Å². The normalized spacial score (nSPS) is 11.2. The Hall–Kier alpha value is -4.22. The van der Waals surface area contributed by atoms with Gasteiger partial charge in [0.1, 0.15) is 6.33 Å². The number of hydrogen-bond donors (Lipinski definition) is 3. The van der Waals surface area contributed by atoms with Gasteiger partial charge in [-0.25, -0.2) is 14.8 Å². The highest BCUT2D eigenvalue weighted by atomic mass is 16.2. The number of H-pyrrole nitrogens is 1. The van der Waals surface area contributed by atoms with E-state index in [0.717, 1.165) is 9.13 Å². The molecule has 4 rings (SSSR count). The minimum absolute atomic E-state index is 0.0370. The van der Waals surface area contributed by atoms with E-state index in [1.807, 2.05) is 0 Å². The second kappa shape index (κ2) is 6.44. The van der Waals surface area contributed by atoms with Crippen molar-refractivity contribution in [2.45, 2.75) is 13.5 Å². The molecule has 0 bridgehead atoms. The minimum atomic E-state index is -0.618. The Morgan fingerprint density at radius 3 is 2.72 bits per heavy atom. The van der Waals surface area contributed by atoms with Gasteiger partial charge in [-0.15, -0.1) is 0 Å².